The van der Waals surface area contributed by atoms with Gasteiger partial charge in [-0.25, -0.2) is 0 Å². The van der Waals surface area contributed by atoms with E-state index in [0.29, 0.717) is 11.8 Å². The standard InChI is InChI=1S/C24H25NO9/c1-8(2)14-12-5-9-4-11-13(34-3)6-10(7-26)18(27)16(11)20(29)15(9)21(30)24(12,33)22(31)17(19(14)28)23(25)32/h6-9,12,14,27,29,31,33H,4-5H2,1-3H3,(H2,25,32)/t9-,12-,14-,24-/m0/s1. The van der Waals surface area contributed by atoms with E-state index in [2.05, 4.69) is 0 Å². The SMILES string of the molecule is COc1cc(C=O)c(O)c2c1C[C@H]1C[C@H]3[C@H](C(C)C)C(=O)C(C(N)=O)=C(O)[C@@]3(O)C(=O)C1=C2O. The van der Waals surface area contributed by atoms with Crippen molar-refractivity contribution in [3.05, 3.63) is 39.7 Å². The summed E-state index contributed by atoms with van der Waals surface area (Å²) < 4.78 is 5.33. The third-order valence-electron chi connectivity index (χ3n) is 7.30. The van der Waals surface area contributed by atoms with Crippen LogP contribution in [0.5, 0.6) is 11.5 Å². The Morgan fingerprint density at radius 3 is 2.44 bits per heavy atom. The summed E-state index contributed by atoms with van der Waals surface area (Å²) in [6.07, 6.45) is 0.461. The Morgan fingerprint density at radius 2 is 1.91 bits per heavy atom. The maximum Gasteiger partial charge on any atom is 0.255 e. The molecule has 4 rings (SSSR count). The number of hydrogen-bond acceptors (Lipinski definition) is 9. The number of ether oxygens (including phenoxy) is 1. The van der Waals surface area contributed by atoms with Crippen LogP contribution >= 0.6 is 0 Å². The second-order valence-electron chi connectivity index (χ2n) is 9.31. The number of rotatable bonds is 4. The summed E-state index contributed by atoms with van der Waals surface area (Å²) >= 11 is 0. The smallest absolute Gasteiger partial charge is 0.255 e. The Bertz CT molecular complexity index is 1230. The van der Waals surface area contributed by atoms with E-state index >= 15 is 0 Å². The van der Waals surface area contributed by atoms with Crippen molar-refractivity contribution in [1.82, 2.24) is 0 Å². The van der Waals surface area contributed by atoms with Crippen molar-refractivity contribution < 1.29 is 44.3 Å². The number of amides is 1. The number of nitrogens with two attached hydrogens (primary N) is 1. The second kappa shape index (κ2) is 7.69. The zero-order chi connectivity index (χ0) is 25.3. The van der Waals surface area contributed by atoms with E-state index in [1.807, 2.05) is 0 Å². The van der Waals surface area contributed by atoms with Crippen LogP contribution in [0, 0.1) is 23.7 Å². The third kappa shape index (κ3) is 2.84. The predicted molar refractivity (Wildman–Crippen MR) is 117 cm³/mol. The molecular weight excluding hydrogens is 446 g/mol. The summed E-state index contributed by atoms with van der Waals surface area (Å²) in [6.45, 7) is 3.38. The van der Waals surface area contributed by atoms with Crippen molar-refractivity contribution in [2.75, 3.05) is 7.11 Å². The number of aliphatic hydroxyl groups is 3. The zero-order valence-electron chi connectivity index (χ0n) is 18.8. The number of aliphatic hydroxyl groups excluding tert-OH is 2. The highest BCUT2D eigenvalue weighted by Crippen LogP contribution is 2.55. The molecule has 1 aromatic rings. The number of Topliss-reactive ketones (excluding diaryl/α,β-unsaturated/α-hetero) is 2. The monoisotopic (exact) mass is 471 g/mol. The van der Waals surface area contributed by atoms with E-state index in [0.717, 1.165) is 0 Å². The van der Waals surface area contributed by atoms with E-state index < -0.39 is 69.6 Å². The van der Waals surface area contributed by atoms with Gasteiger partial charge >= 0.3 is 0 Å². The minimum absolute atomic E-state index is 0.00507. The van der Waals surface area contributed by atoms with Gasteiger partial charge in [0.2, 0.25) is 5.78 Å². The molecule has 1 amide bonds. The molecule has 0 aliphatic heterocycles. The minimum Gasteiger partial charge on any atom is -0.508 e. The van der Waals surface area contributed by atoms with Crippen LogP contribution < -0.4 is 10.5 Å². The first-order valence-corrected chi connectivity index (χ1v) is 10.8. The van der Waals surface area contributed by atoms with E-state index in [1.54, 1.807) is 13.8 Å². The number of hydrogen-bond donors (Lipinski definition) is 5. The molecule has 0 radical (unpaired) electrons. The average Bonchev–Trinajstić information content (AvgIpc) is 2.76. The van der Waals surface area contributed by atoms with Gasteiger partial charge in [0.05, 0.1) is 18.2 Å². The van der Waals surface area contributed by atoms with Crippen molar-refractivity contribution in [2.45, 2.75) is 32.3 Å². The fourth-order valence-corrected chi connectivity index (χ4v) is 5.81. The fourth-order valence-electron chi connectivity index (χ4n) is 5.81. The number of phenolic OH excluding ortho intramolecular Hbond substituents is 1. The van der Waals surface area contributed by atoms with Gasteiger partial charge in [0.15, 0.2) is 17.7 Å². The number of ketones is 2. The maximum absolute atomic E-state index is 13.7. The Labute approximate surface area is 194 Å². The molecule has 180 valence electrons. The molecule has 3 aliphatic rings. The number of primary amides is 1. The molecule has 0 saturated heterocycles. The highest BCUT2D eigenvalue weighted by molar-refractivity contribution is 6.23. The van der Waals surface area contributed by atoms with Crippen LogP contribution in [0.1, 0.15) is 41.8 Å². The van der Waals surface area contributed by atoms with Crippen LogP contribution in [-0.4, -0.2) is 56.9 Å². The lowest BCUT2D eigenvalue weighted by atomic mass is 9.54. The zero-order valence-corrected chi connectivity index (χ0v) is 18.8. The number of methoxy groups -OCH3 is 1. The lowest BCUT2D eigenvalue weighted by Crippen LogP contribution is -2.62. The fraction of sp³-hybridized carbons (Fsp3) is 0.417. The van der Waals surface area contributed by atoms with Crippen molar-refractivity contribution in [3.8, 4) is 11.5 Å². The van der Waals surface area contributed by atoms with Gasteiger partial charge in [-0.1, -0.05) is 13.8 Å². The Morgan fingerprint density at radius 1 is 1.26 bits per heavy atom. The third-order valence-corrected chi connectivity index (χ3v) is 7.30. The number of fused-ring (bicyclic) bond motifs is 3. The van der Waals surface area contributed by atoms with Gasteiger partial charge in [-0.15, -0.1) is 0 Å². The molecule has 0 aromatic heterocycles. The number of aromatic hydroxyl groups is 1. The van der Waals surface area contributed by atoms with E-state index in [9.17, 15) is 39.6 Å². The molecule has 1 aromatic carbocycles. The number of phenols is 1. The topological polar surface area (TPSA) is 184 Å². The highest BCUT2D eigenvalue weighted by Gasteiger charge is 2.64. The van der Waals surface area contributed by atoms with Gasteiger partial charge in [-0.2, -0.15) is 0 Å². The molecule has 0 unspecified atom stereocenters. The first-order valence-electron chi connectivity index (χ1n) is 10.8. The number of carbonyl (C=O) groups excluding carboxylic acids is 4. The molecule has 10 heteroatoms. The first-order chi connectivity index (χ1) is 15.9. The lowest BCUT2D eigenvalue weighted by Gasteiger charge is -2.50. The lowest BCUT2D eigenvalue weighted by molar-refractivity contribution is -0.155. The van der Waals surface area contributed by atoms with Crippen LogP contribution in [0.4, 0.5) is 0 Å². The summed E-state index contributed by atoms with van der Waals surface area (Å²) in [4.78, 5) is 50.2. The van der Waals surface area contributed by atoms with Gasteiger partial charge < -0.3 is 30.9 Å². The summed E-state index contributed by atoms with van der Waals surface area (Å²) in [5.41, 5.74) is 1.50. The van der Waals surface area contributed by atoms with Crippen LogP contribution in [-0.2, 0) is 20.8 Å². The van der Waals surface area contributed by atoms with E-state index in [-0.39, 0.29) is 35.3 Å². The van der Waals surface area contributed by atoms with Crippen molar-refractivity contribution in [1.29, 1.82) is 0 Å². The predicted octanol–water partition coefficient (Wildman–Crippen LogP) is 1.13. The van der Waals surface area contributed by atoms with Crippen LogP contribution in [0.3, 0.4) is 0 Å². The Hall–Kier alpha value is -3.66. The average molecular weight is 471 g/mol. The van der Waals surface area contributed by atoms with Gasteiger partial charge in [-0.05, 0) is 30.7 Å². The second-order valence-corrected chi connectivity index (χ2v) is 9.31. The van der Waals surface area contributed by atoms with Gasteiger partial charge in [0.1, 0.15) is 28.6 Å². The van der Waals surface area contributed by atoms with Crippen molar-refractivity contribution in [2.24, 2.45) is 29.4 Å². The maximum atomic E-state index is 13.7. The van der Waals surface area contributed by atoms with E-state index in [1.165, 1.54) is 13.2 Å². The normalized spacial score (nSPS) is 28.4. The van der Waals surface area contributed by atoms with Gasteiger partial charge in [0.25, 0.3) is 5.91 Å². The Balaban J connectivity index is 2.01. The summed E-state index contributed by atoms with van der Waals surface area (Å²) in [7, 11) is 1.35. The molecule has 34 heavy (non-hydrogen) atoms. The quantitative estimate of drug-likeness (QED) is 0.317. The summed E-state index contributed by atoms with van der Waals surface area (Å²) in [5, 5.41) is 44.0. The molecule has 3 aliphatic carbocycles. The summed E-state index contributed by atoms with van der Waals surface area (Å²) in [6, 6.07) is 1.31. The molecule has 0 spiro atoms. The first kappa shape index (κ1) is 23.5. The molecular formula is C24H25NO9. The minimum atomic E-state index is -2.67. The highest BCUT2D eigenvalue weighted by atomic mass is 16.5. The van der Waals surface area contributed by atoms with Crippen molar-refractivity contribution in [3.63, 3.8) is 0 Å². The number of aldehydes is 1. The van der Waals surface area contributed by atoms with Crippen LogP contribution in [0.25, 0.3) is 5.76 Å². The molecule has 0 bridgehead atoms. The largest absolute Gasteiger partial charge is 0.508 e. The number of benzene rings is 1. The van der Waals surface area contributed by atoms with Gasteiger partial charge in [0, 0.05) is 23.0 Å². The van der Waals surface area contributed by atoms with Gasteiger partial charge in [-0.3, -0.25) is 19.2 Å². The van der Waals surface area contributed by atoms with E-state index in [4.69, 9.17) is 10.5 Å². The van der Waals surface area contributed by atoms with Crippen LogP contribution in [0.15, 0.2) is 23.0 Å². The summed E-state index contributed by atoms with van der Waals surface area (Å²) in [5.74, 6) is -8.47. The molecule has 4 atom stereocenters. The molecule has 1 fully saturated rings. The molecule has 1 saturated carbocycles. The number of carbonyl (C=O) groups is 4. The molecule has 10 nitrogen and oxygen atoms in total. The van der Waals surface area contributed by atoms with Crippen molar-refractivity contribution >= 4 is 29.5 Å². The molecule has 0 heterocycles. The molecule has 6 N–H and O–H groups in total. The Kier molecular flexibility index (Phi) is 5.32. The van der Waals surface area contributed by atoms with Crippen LogP contribution in [0.2, 0.25) is 0 Å².